The van der Waals surface area contributed by atoms with Gasteiger partial charge in [-0.2, -0.15) is 0 Å². The van der Waals surface area contributed by atoms with E-state index in [-0.39, 0.29) is 0 Å². The molecule has 4 nitrogen and oxygen atoms in total. The van der Waals surface area contributed by atoms with Crippen LogP contribution in [0.2, 0.25) is 0 Å². The van der Waals surface area contributed by atoms with Gasteiger partial charge in [-0.15, -0.1) is 0 Å². The number of hydrogen-bond donors (Lipinski definition) is 2. The molecule has 2 aromatic carbocycles. The van der Waals surface area contributed by atoms with Gasteiger partial charge >= 0.3 is 0 Å². The Morgan fingerprint density at radius 2 is 1.68 bits per heavy atom. The number of rotatable bonds is 2. The molecular weight excluding hydrogens is 240 g/mol. The largest absolute Gasteiger partial charge is 0.366 e. The van der Waals surface area contributed by atoms with E-state index in [1.807, 2.05) is 31.2 Å². The lowest BCUT2D eigenvalue weighted by atomic mass is 9.90. The maximum Gasteiger partial charge on any atom is 0.249 e. The van der Waals surface area contributed by atoms with Gasteiger partial charge in [-0.25, -0.2) is 0 Å². The molecule has 94 valence electrons. The fraction of sp³-hybridized carbons (Fsp3) is 0.0667. The van der Waals surface area contributed by atoms with Crippen molar-refractivity contribution in [2.75, 3.05) is 0 Å². The van der Waals surface area contributed by atoms with Crippen LogP contribution in [0.1, 0.15) is 26.3 Å². The second kappa shape index (κ2) is 3.68. The van der Waals surface area contributed by atoms with Crippen LogP contribution in [0.5, 0.6) is 0 Å². The lowest BCUT2D eigenvalue weighted by Crippen LogP contribution is -2.19. The van der Waals surface area contributed by atoms with Gasteiger partial charge in [-0.1, -0.05) is 18.2 Å². The normalized spacial score (nSPS) is 11.2. The summed E-state index contributed by atoms with van der Waals surface area (Å²) in [6, 6.07) is 9.35. The van der Waals surface area contributed by atoms with Crippen LogP contribution in [-0.2, 0) is 0 Å². The Kier molecular flexibility index (Phi) is 2.22. The van der Waals surface area contributed by atoms with E-state index in [1.165, 1.54) is 0 Å². The van der Waals surface area contributed by atoms with E-state index in [0.717, 1.165) is 22.3 Å². The van der Waals surface area contributed by atoms with Gasteiger partial charge in [-0.05, 0) is 41.3 Å². The van der Waals surface area contributed by atoms with E-state index in [0.29, 0.717) is 16.7 Å². The average molecular weight is 252 g/mol. The van der Waals surface area contributed by atoms with Gasteiger partial charge in [-0.3, -0.25) is 9.59 Å². The average Bonchev–Trinajstić information content (AvgIpc) is 2.51. The van der Waals surface area contributed by atoms with Gasteiger partial charge in [0.25, 0.3) is 0 Å². The fourth-order valence-corrected chi connectivity index (χ4v) is 2.73. The van der Waals surface area contributed by atoms with Crippen LogP contribution in [0, 0.1) is 6.92 Å². The topological polar surface area (TPSA) is 86.2 Å². The standard InChI is InChI=1S/C15H12N2O2/c1-7-10-6-11(14(16)18)13(12(7)15(17)19)9-4-2-3-8(10)5-9/h2-6H,1H3,(H2,16,18)(H2,17,19). The Hall–Kier alpha value is -2.62. The molecule has 2 amide bonds. The van der Waals surface area contributed by atoms with Crippen molar-refractivity contribution in [3.63, 3.8) is 0 Å². The van der Waals surface area contributed by atoms with Crippen LogP contribution in [0.25, 0.3) is 22.3 Å². The molecule has 0 fully saturated rings. The molecule has 0 spiro atoms. The van der Waals surface area contributed by atoms with Crippen molar-refractivity contribution in [3.05, 3.63) is 47.0 Å². The summed E-state index contributed by atoms with van der Waals surface area (Å²) in [5.74, 6) is -1.10. The molecule has 0 heterocycles. The van der Waals surface area contributed by atoms with E-state index in [2.05, 4.69) is 0 Å². The first kappa shape index (κ1) is 11.5. The van der Waals surface area contributed by atoms with Crippen molar-refractivity contribution in [2.24, 2.45) is 11.5 Å². The summed E-state index contributed by atoms with van der Waals surface area (Å²) in [6.45, 7) is 1.83. The molecule has 0 aliphatic heterocycles. The zero-order valence-corrected chi connectivity index (χ0v) is 10.4. The number of carbonyl (C=O) groups excluding carboxylic acids is 2. The zero-order chi connectivity index (χ0) is 13.7. The van der Waals surface area contributed by atoms with Crippen molar-refractivity contribution >= 4 is 11.8 Å². The molecule has 4 bridgehead atoms. The van der Waals surface area contributed by atoms with Gasteiger partial charge in [0.15, 0.2) is 0 Å². The third kappa shape index (κ3) is 1.46. The molecule has 0 radical (unpaired) electrons. The van der Waals surface area contributed by atoms with E-state index in [4.69, 9.17) is 11.5 Å². The van der Waals surface area contributed by atoms with Gasteiger partial charge in [0.2, 0.25) is 11.8 Å². The molecule has 4 rings (SSSR count). The minimum atomic E-state index is -0.554. The van der Waals surface area contributed by atoms with Crippen molar-refractivity contribution in [1.82, 2.24) is 0 Å². The number of fused-ring (bicyclic) bond motifs is 2. The van der Waals surface area contributed by atoms with Gasteiger partial charge in [0.05, 0.1) is 5.56 Å². The molecule has 0 saturated carbocycles. The molecule has 0 aromatic heterocycles. The molecule has 0 unspecified atom stereocenters. The predicted octanol–water partition coefficient (Wildman–Crippen LogP) is 1.84. The van der Waals surface area contributed by atoms with Gasteiger partial charge < -0.3 is 11.5 Å². The van der Waals surface area contributed by atoms with E-state index < -0.39 is 11.8 Å². The summed E-state index contributed by atoms with van der Waals surface area (Å²) in [7, 11) is 0. The molecule has 4 N–H and O–H groups in total. The van der Waals surface area contributed by atoms with Crippen molar-refractivity contribution in [3.8, 4) is 22.3 Å². The Balaban J connectivity index is 2.56. The minimum absolute atomic E-state index is 0.343. The number of primary amides is 2. The summed E-state index contributed by atoms with van der Waals surface area (Å²) in [5, 5.41) is 0. The third-order valence-corrected chi connectivity index (χ3v) is 3.56. The maximum atomic E-state index is 11.7. The Labute approximate surface area is 110 Å². The Morgan fingerprint density at radius 3 is 2.32 bits per heavy atom. The minimum Gasteiger partial charge on any atom is -0.366 e. The van der Waals surface area contributed by atoms with Gasteiger partial charge in [0, 0.05) is 11.1 Å². The molecular formula is C15H12N2O2. The van der Waals surface area contributed by atoms with Crippen molar-refractivity contribution in [1.29, 1.82) is 0 Å². The molecule has 2 aliphatic rings. The zero-order valence-electron chi connectivity index (χ0n) is 10.4. The molecule has 4 heteroatoms. The number of benzene rings is 2. The molecule has 19 heavy (non-hydrogen) atoms. The SMILES string of the molecule is Cc1c2cc(C(N)=O)c(c1C(N)=O)-c1cccc-2c1. The smallest absolute Gasteiger partial charge is 0.249 e. The highest BCUT2D eigenvalue weighted by Gasteiger charge is 2.26. The quantitative estimate of drug-likeness (QED) is 0.729. The molecule has 0 saturated heterocycles. The van der Waals surface area contributed by atoms with Crippen LogP contribution in [0.15, 0.2) is 30.3 Å². The van der Waals surface area contributed by atoms with Crippen LogP contribution in [0.3, 0.4) is 0 Å². The number of nitrogens with two attached hydrogens (primary N) is 2. The maximum absolute atomic E-state index is 11.7. The van der Waals surface area contributed by atoms with Crippen LogP contribution >= 0.6 is 0 Å². The summed E-state index contributed by atoms with van der Waals surface area (Å²) in [5.41, 5.74) is 15.5. The highest BCUT2D eigenvalue weighted by atomic mass is 16.1. The molecule has 2 aliphatic carbocycles. The highest BCUT2D eigenvalue weighted by molar-refractivity contribution is 6.12. The van der Waals surface area contributed by atoms with Crippen molar-refractivity contribution < 1.29 is 9.59 Å². The van der Waals surface area contributed by atoms with Gasteiger partial charge in [0.1, 0.15) is 0 Å². The Bertz CT molecular complexity index is 748. The first-order chi connectivity index (χ1) is 9.00. The van der Waals surface area contributed by atoms with E-state index >= 15 is 0 Å². The lowest BCUT2D eigenvalue weighted by molar-refractivity contribution is 0.0998. The van der Waals surface area contributed by atoms with Crippen molar-refractivity contribution in [2.45, 2.75) is 6.92 Å². The summed E-state index contributed by atoms with van der Waals surface area (Å²) >= 11 is 0. The first-order valence-electron chi connectivity index (χ1n) is 5.88. The highest BCUT2D eigenvalue weighted by Crippen LogP contribution is 2.41. The van der Waals surface area contributed by atoms with Crippen LogP contribution in [0.4, 0.5) is 0 Å². The Morgan fingerprint density at radius 1 is 1.00 bits per heavy atom. The summed E-state index contributed by atoms with van der Waals surface area (Å²) < 4.78 is 0. The first-order valence-corrected chi connectivity index (χ1v) is 5.88. The van der Waals surface area contributed by atoms with Crippen LogP contribution in [-0.4, -0.2) is 11.8 Å². The third-order valence-electron chi connectivity index (χ3n) is 3.56. The molecule has 2 aromatic rings. The second-order valence-corrected chi connectivity index (χ2v) is 4.66. The lowest BCUT2D eigenvalue weighted by Gasteiger charge is -2.13. The predicted molar refractivity (Wildman–Crippen MR) is 72.6 cm³/mol. The molecule has 0 atom stereocenters. The fourth-order valence-electron chi connectivity index (χ4n) is 2.73. The summed E-state index contributed by atoms with van der Waals surface area (Å²) in [6.07, 6.45) is 0. The number of carbonyl (C=O) groups is 2. The number of amides is 2. The monoisotopic (exact) mass is 252 g/mol. The van der Waals surface area contributed by atoms with Crippen LogP contribution < -0.4 is 11.5 Å². The second-order valence-electron chi connectivity index (χ2n) is 4.66. The summed E-state index contributed by atoms with van der Waals surface area (Å²) in [4.78, 5) is 23.4. The van der Waals surface area contributed by atoms with E-state index in [9.17, 15) is 9.59 Å². The van der Waals surface area contributed by atoms with E-state index in [1.54, 1.807) is 6.07 Å². The number of hydrogen-bond acceptors (Lipinski definition) is 2.